The zero-order valence-corrected chi connectivity index (χ0v) is 15.1. The molecule has 0 radical (unpaired) electrons. The zero-order chi connectivity index (χ0) is 19.3. The van der Waals surface area contributed by atoms with Gasteiger partial charge in [0.15, 0.2) is 6.61 Å². The van der Waals surface area contributed by atoms with Crippen LogP contribution in [-0.4, -0.2) is 47.4 Å². The van der Waals surface area contributed by atoms with E-state index in [-0.39, 0.29) is 6.04 Å². The van der Waals surface area contributed by atoms with E-state index in [4.69, 9.17) is 4.74 Å². The van der Waals surface area contributed by atoms with Gasteiger partial charge in [0.1, 0.15) is 12.1 Å². The number of hydrogen-bond acceptors (Lipinski definition) is 5. The first-order valence-corrected chi connectivity index (χ1v) is 8.41. The fourth-order valence-electron chi connectivity index (χ4n) is 2.56. The van der Waals surface area contributed by atoms with Crippen LogP contribution in [-0.2, 0) is 19.1 Å². The van der Waals surface area contributed by atoms with Crippen LogP contribution in [0.1, 0.15) is 38.8 Å². The quantitative estimate of drug-likeness (QED) is 0.559. The Balaban J connectivity index is 1.81. The third-order valence-electron chi connectivity index (χ3n) is 4.38. The first-order chi connectivity index (χ1) is 12.3. The standard InChI is InChI=1S/C18H23N3O5/c1-4-18(3)16(24)21(17(25)20-18)10-15(23)26-11-14(22)19-12(2)13-8-6-5-7-9-13/h5-9,12H,4,10-11H2,1-3H3,(H,19,22)(H,20,25)/t12-,18-/m0/s1. The number of benzene rings is 1. The molecule has 0 saturated carbocycles. The number of urea groups is 1. The molecule has 1 aliphatic heterocycles. The number of carbonyl (C=O) groups is 4. The molecule has 1 heterocycles. The average Bonchev–Trinajstić information content (AvgIpc) is 2.84. The Labute approximate surface area is 151 Å². The van der Waals surface area contributed by atoms with E-state index in [2.05, 4.69) is 10.6 Å². The van der Waals surface area contributed by atoms with Crippen molar-refractivity contribution in [2.75, 3.05) is 13.2 Å². The summed E-state index contributed by atoms with van der Waals surface area (Å²) in [7, 11) is 0. The van der Waals surface area contributed by atoms with Gasteiger partial charge in [-0.3, -0.25) is 19.3 Å². The maximum absolute atomic E-state index is 12.2. The van der Waals surface area contributed by atoms with Crippen molar-refractivity contribution in [2.24, 2.45) is 0 Å². The second-order valence-corrected chi connectivity index (χ2v) is 6.37. The van der Waals surface area contributed by atoms with Gasteiger partial charge in [0.05, 0.1) is 6.04 Å². The number of esters is 1. The second-order valence-electron chi connectivity index (χ2n) is 6.37. The summed E-state index contributed by atoms with van der Waals surface area (Å²) in [5, 5.41) is 5.25. The van der Waals surface area contributed by atoms with Gasteiger partial charge in [-0.25, -0.2) is 4.79 Å². The van der Waals surface area contributed by atoms with Crippen molar-refractivity contribution in [3.8, 4) is 0 Å². The van der Waals surface area contributed by atoms with Crippen molar-refractivity contribution in [1.29, 1.82) is 0 Å². The summed E-state index contributed by atoms with van der Waals surface area (Å²) in [5.74, 6) is -1.77. The lowest BCUT2D eigenvalue weighted by Crippen LogP contribution is -2.43. The second kappa shape index (κ2) is 7.99. The average molecular weight is 361 g/mol. The van der Waals surface area contributed by atoms with Gasteiger partial charge in [0, 0.05) is 0 Å². The van der Waals surface area contributed by atoms with Crippen molar-refractivity contribution in [1.82, 2.24) is 15.5 Å². The summed E-state index contributed by atoms with van der Waals surface area (Å²) in [6.45, 7) is 4.16. The monoisotopic (exact) mass is 361 g/mol. The molecule has 1 aromatic rings. The molecule has 0 spiro atoms. The number of nitrogens with zero attached hydrogens (tertiary/aromatic N) is 1. The summed E-state index contributed by atoms with van der Waals surface area (Å²) in [6, 6.07) is 8.47. The van der Waals surface area contributed by atoms with Gasteiger partial charge in [-0.15, -0.1) is 0 Å². The Morgan fingerprint density at radius 2 is 1.92 bits per heavy atom. The molecular formula is C18H23N3O5. The van der Waals surface area contributed by atoms with Crippen LogP contribution >= 0.6 is 0 Å². The van der Waals surface area contributed by atoms with Crippen LogP contribution in [0.15, 0.2) is 30.3 Å². The molecule has 0 aromatic heterocycles. The number of carbonyl (C=O) groups excluding carboxylic acids is 4. The summed E-state index contributed by atoms with van der Waals surface area (Å²) >= 11 is 0. The van der Waals surface area contributed by atoms with Crippen molar-refractivity contribution < 1.29 is 23.9 Å². The molecule has 2 atom stereocenters. The van der Waals surface area contributed by atoms with Gasteiger partial charge in [0.2, 0.25) is 0 Å². The van der Waals surface area contributed by atoms with Gasteiger partial charge >= 0.3 is 12.0 Å². The van der Waals surface area contributed by atoms with Gasteiger partial charge in [0.25, 0.3) is 11.8 Å². The van der Waals surface area contributed by atoms with E-state index in [1.807, 2.05) is 37.3 Å². The highest BCUT2D eigenvalue weighted by atomic mass is 16.5. The maximum atomic E-state index is 12.2. The van der Waals surface area contributed by atoms with Gasteiger partial charge in [-0.1, -0.05) is 37.3 Å². The fraction of sp³-hybridized carbons (Fsp3) is 0.444. The lowest BCUT2D eigenvalue weighted by molar-refractivity contribution is -0.151. The normalized spacial score (nSPS) is 20.5. The first-order valence-electron chi connectivity index (χ1n) is 8.41. The molecule has 0 bridgehead atoms. The predicted octanol–water partition coefficient (Wildman–Crippen LogP) is 1.13. The summed E-state index contributed by atoms with van der Waals surface area (Å²) in [5.41, 5.74) is -0.0924. The summed E-state index contributed by atoms with van der Waals surface area (Å²) in [6.07, 6.45) is 0.406. The molecule has 140 valence electrons. The van der Waals surface area contributed by atoms with Crippen LogP contribution in [0.2, 0.25) is 0 Å². The largest absolute Gasteiger partial charge is 0.454 e. The van der Waals surface area contributed by atoms with E-state index in [9.17, 15) is 19.2 Å². The Morgan fingerprint density at radius 1 is 1.27 bits per heavy atom. The van der Waals surface area contributed by atoms with Crippen LogP contribution in [0, 0.1) is 0 Å². The summed E-state index contributed by atoms with van der Waals surface area (Å²) in [4.78, 5) is 48.6. The van der Waals surface area contributed by atoms with Crippen LogP contribution < -0.4 is 10.6 Å². The highest BCUT2D eigenvalue weighted by molar-refractivity contribution is 6.08. The highest BCUT2D eigenvalue weighted by Crippen LogP contribution is 2.20. The minimum Gasteiger partial charge on any atom is -0.454 e. The van der Waals surface area contributed by atoms with Crippen LogP contribution in [0.3, 0.4) is 0 Å². The van der Waals surface area contributed by atoms with Gasteiger partial charge in [-0.2, -0.15) is 0 Å². The van der Waals surface area contributed by atoms with E-state index in [0.717, 1.165) is 10.5 Å². The summed E-state index contributed by atoms with van der Waals surface area (Å²) < 4.78 is 4.88. The molecule has 0 aliphatic carbocycles. The number of nitrogens with one attached hydrogen (secondary N) is 2. The third-order valence-corrected chi connectivity index (χ3v) is 4.38. The molecule has 8 heteroatoms. The minimum atomic E-state index is -1.01. The Kier molecular flexibility index (Phi) is 5.97. The van der Waals surface area contributed by atoms with Crippen molar-refractivity contribution in [3.63, 3.8) is 0 Å². The molecule has 26 heavy (non-hydrogen) atoms. The molecule has 1 fully saturated rings. The minimum absolute atomic E-state index is 0.237. The number of amides is 4. The fourth-order valence-corrected chi connectivity index (χ4v) is 2.56. The maximum Gasteiger partial charge on any atom is 0.326 e. The lowest BCUT2D eigenvalue weighted by Gasteiger charge is -2.19. The molecular weight excluding hydrogens is 338 g/mol. The van der Waals surface area contributed by atoms with Crippen molar-refractivity contribution >= 4 is 23.8 Å². The Bertz CT molecular complexity index is 706. The van der Waals surface area contributed by atoms with E-state index in [1.165, 1.54) is 0 Å². The van der Waals surface area contributed by atoms with Crippen LogP contribution in [0.5, 0.6) is 0 Å². The lowest BCUT2D eigenvalue weighted by atomic mass is 9.99. The molecule has 2 N–H and O–H groups in total. The molecule has 2 rings (SSSR count). The number of imide groups is 1. The predicted molar refractivity (Wildman–Crippen MR) is 92.9 cm³/mol. The smallest absolute Gasteiger partial charge is 0.326 e. The molecule has 1 aliphatic rings. The Morgan fingerprint density at radius 3 is 2.50 bits per heavy atom. The first kappa shape index (κ1) is 19.4. The topological polar surface area (TPSA) is 105 Å². The van der Waals surface area contributed by atoms with E-state index < -0.39 is 42.5 Å². The molecule has 1 aromatic carbocycles. The third kappa shape index (κ3) is 4.38. The number of hydrogen-bond donors (Lipinski definition) is 2. The molecule has 1 saturated heterocycles. The molecule has 4 amide bonds. The van der Waals surface area contributed by atoms with Gasteiger partial charge in [-0.05, 0) is 25.8 Å². The highest BCUT2D eigenvalue weighted by Gasteiger charge is 2.47. The zero-order valence-electron chi connectivity index (χ0n) is 15.1. The van der Waals surface area contributed by atoms with Crippen molar-refractivity contribution in [3.05, 3.63) is 35.9 Å². The van der Waals surface area contributed by atoms with Crippen LogP contribution in [0.25, 0.3) is 0 Å². The number of ether oxygens (including phenoxy) is 1. The van der Waals surface area contributed by atoms with E-state index in [1.54, 1.807) is 13.8 Å². The van der Waals surface area contributed by atoms with Gasteiger partial charge < -0.3 is 15.4 Å². The molecule has 0 unspecified atom stereocenters. The van der Waals surface area contributed by atoms with Crippen LogP contribution in [0.4, 0.5) is 4.79 Å². The van der Waals surface area contributed by atoms with Crippen molar-refractivity contribution in [2.45, 2.75) is 38.8 Å². The Hall–Kier alpha value is -2.90. The van der Waals surface area contributed by atoms with E-state index in [0.29, 0.717) is 6.42 Å². The molecule has 8 nitrogen and oxygen atoms in total. The number of rotatable bonds is 7. The SMILES string of the molecule is CC[C@]1(C)NC(=O)N(CC(=O)OCC(=O)N[C@@H](C)c2ccccc2)C1=O. The van der Waals surface area contributed by atoms with E-state index >= 15 is 0 Å².